The minimum Gasteiger partial charge on any atom is -0.349 e. The highest BCUT2D eigenvalue weighted by molar-refractivity contribution is 7.17. The van der Waals surface area contributed by atoms with Gasteiger partial charge in [-0.25, -0.2) is 0 Å². The van der Waals surface area contributed by atoms with Crippen LogP contribution in [-0.2, 0) is 0 Å². The van der Waals surface area contributed by atoms with Gasteiger partial charge in [-0.1, -0.05) is 69.4 Å². The van der Waals surface area contributed by atoms with E-state index >= 15 is 0 Å². The molecule has 1 fully saturated rings. The van der Waals surface area contributed by atoms with Crippen LogP contribution in [-0.4, -0.2) is 11.9 Å². The van der Waals surface area contributed by atoms with E-state index < -0.39 is 0 Å². The van der Waals surface area contributed by atoms with E-state index in [2.05, 4.69) is 5.32 Å². The first kappa shape index (κ1) is 16.8. The van der Waals surface area contributed by atoms with E-state index in [-0.39, 0.29) is 5.91 Å². The summed E-state index contributed by atoms with van der Waals surface area (Å²) in [6.07, 6.45) is 14.2. The molecule has 0 bridgehead atoms. The number of carbonyl (C=O) groups excluding carboxylic acids is 1. The summed E-state index contributed by atoms with van der Waals surface area (Å²) in [6.45, 7) is 0. The average Bonchev–Trinajstić information content (AvgIpc) is 2.88. The standard InChI is InChI=1S/C17H26ClNOS/c18-16-13-12-15(21-16)17(20)19-14-10-8-6-4-2-1-3-5-7-9-11-14/h12-14H,1-11H2,(H,19,20). The van der Waals surface area contributed by atoms with Gasteiger partial charge in [0.1, 0.15) is 0 Å². The molecule has 1 heterocycles. The lowest BCUT2D eigenvalue weighted by Crippen LogP contribution is -2.34. The molecule has 0 aromatic carbocycles. The van der Waals surface area contributed by atoms with Crippen molar-refractivity contribution in [2.75, 3.05) is 0 Å². The summed E-state index contributed by atoms with van der Waals surface area (Å²) in [7, 11) is 0. The van der Waals surface area contributed by atoms with Gasteiger partial charge in [0.25, 0.3) is 5.91 Å². The molecule has 0 saturated heterocycles. The molecule has 0 radical (unpaired) electrons. The normalized spacial score (nSPS) is 19.5. The molecule has 0 spiro atoms. The van der Waals surface area contributed by atoms with Crippen molar-refractivity contribution in [1.29, 1.82) is 0 Å². The summed E-state index contributed by atoms with van der Waals surface area (Å²) >= 11 is 7.27. The molecule has 1 amide bonds. The highest BCUT2D eigenvalue weighted by Crippen LogP contribution is 2.22. The largest absolute Gasteiger partial charge is 0.349 e. The van der Waals surface area contributed by atoms with Crippen LogP contribution in [0.2, 0.25) is 4.34 Å². The van der Waals surface area contributed by atoms with Gasteiger partial charge in [-0.15, -0.1) is 11.3 Å². The number of nitrogens with one attached hydrogen (secondary N) is 1. The van der Waals surface area contributed by atoms with E-state index in [1.54, 1.807) is 6.07 Å². The van der Waals surface area contributed by atoms with Crippen molar-refractivity contribution < 1.29 is 4.79 Å². The third-order valence-electron chi connectivity index (χ3n) is 4.24. The van der Waals surface area contributed by atoms with Crippen LogP contribution in [0.1, 0.15) is 80.3 Å². The van der Waals surface area contributed by atoms with Crippen molar-refractivity contribution >= 4 is 28.8 Å². The fraction of sp³-hybridized carbons (Fsp3) is 0.706. The molecule has 1 aromatic rings. The summed E-state index contributed by atoms with van der Waals surface area (Å²) < 4.78 is 0.679. The predicted molar refractivity (Wildman–Crippen MR) is 91.4 cm³/mol. The summed E-state index contributed by atoms with van der Waals surface area (Å²) in [5.74, 6) is 0.0454. The molecule has 0 atom stereocenters. The van der Waals surface area contributed by atoms with Crippen LogP contribution in [0.15, 0.2) is 12.1 Å². The van der Waals surface area contributed by atoms with Crippen LogP contribution >= 0.6 is 22.9 Å². The number of amides is 1. The van der Waals surface area contributed by atoms with Gasteiger partial charge in [0.2, 0.25) is 0 Å². The first-order chi connectivity index (χ1) is 10.3. The minimum absolute atomic E-state index is 0.0454. The van der Waals surface area contributed by atoms with Crippen LogP contribution in [0.4, 0.5) is 0 Å². The SMILES string of the molecule is O=C(NC1CCCCCCCCCCC1)c1ccc(Cl)s1. The molecule has 2 nitrogen and oxygen atoms in total. The van der Waals surface area contributed by atoms with Crippen molar-refractivity contribution in [3.8, 4) is 0 Å². The Balaban J connectivity index is 1.83. The smallest absolute Gasteiger partial charge is 0.261 e. The molecule has 4 heteroatoms. The predicted octanol–water partition coefficient (Wildman–Crippen LogP) is 5.80. The van der Waals surface area contributed by atoms with Gasteiger partial charge in [-0.3, -0.25) is 4.79 Å². The van der Waals surface area contributed by atoms with Crippen molar-refractivity contribution in [2.24, 2.45) is 0 Å². The zero-order valence-electron chi connectivity index (χ0n) is 12.7. The maximum absolute atomic E-state index is 12.2. The fourth-order valence-electron chi connectivity index (χ4n) is 3.00. The first-order valence-electron chi connectivity index (χ1n) is 8.32. The number of hydrogen-bond acceptors (Lipinski definition) is 2. The lowest BCUT2D eigenvalue weighted by Gasteiger charge is -2.19. The summed E-state index contributed by atoms with van der Waals surface area (Å²) in [5, 5.41) is 3.21. The van der Waals surface area contributed by atoms with Gasteiger partial charge in [0, 0.05) is 6.04 Å². The maximum Gasteiger partial charge on any atom is 0.261 e. The van der Waals surface area contributed by atoms with Gasteiger partial charge in [0.05, 0.1) is 9.21 Å². The molecule has 118 valence electrons. The number of carbonyl (C=O) groups is 1. The van der Waals surface area contributed by atoms with Crippen molar-refractivity contribution in [3.05, 3.63) is 21.3 Å². The zero-order chi connectivity index (χ0) is 14.9. The van der Waals surface area contributed by atoms with Crippen LogP contribution in [0, 0.1) is 0 Å². The highest BCUT2D eigenvalue weighted by atomic mass is 35.5. The molecule has 0 aliphatic heterocycles. The van der Waals surface area contributed by atoms with E-state index in [1.807, 2.05) is 6.07 Å². The van der Waals surface area contributed by atoms with Crippen LogP contribution in [0.3, 0.4) is 0 Å². The quantitative estimate of drug-likeness (QED) is 0.730. The molecule has 1 aliphatic carbocycles. The Morgan fingerprint density at radius 3 is 1.95 bits per heavy atom. The Bertz CT molecular complexity index is 420. The average molecular weight is 328 g/mol. The second kappa shape index (κ2) is 9.47. The summed E-state index contributed by atoms with van der Waals surface area (Å²) in [4.78, 5) is 13.0. The Morgan fingerprint density at radius 2 is 1.48 bits per heavy atom. The number of thiophene rings is 1. The molecule has 1 aliphatic rings. The summed E-state index contributed by atoms with van der Waals surface area (Å²) in [6, 6.07) is 3.94. The van der Waals surface area contributed by atoms with E-state index in [9.17, 15) is 4.79 Å². The topological polar surface area (TPSA) is 29.1 Å². The van der Waals surface area contributed by atoms with Crippen molar-refractivity contribution in [3.63, 3.8) is 0 Å². The van der Waals surface area contributed by atoms with E-state index in [4.69, 9.17) is 11.6 Å². The second-order valence-electron chi connectivity index (χ2n) is 6.03. The third kappa shape index (κ3) is 6.39. The number of rotatable bonds is 2. The van der Waals surface area contributed by atoms with Crippen LogP contribution < -0.4 is 5.32 Å². The second-order valence-corrected chi connectivity index (χ2v) is 7.75. The Morgan fingerprint density at radius 1 is 0.952 bits per heavy atom. The van der Waals surface area contributed by atoms with Gasteiger partial charge in [-0.05, 0) is 25.0 Å². The molecule has 1 aromatic heterocycles. The Hall–Kier alpha value is -0.540. The first-order valence-corrected chi connectivity index (χ1v) is 9.51. The lowest BCUT2D eigenvalue weighted by molar-refractivity contribution is 0.0935. The van der Waals surface area contributed by atoms with E-state index in [1.165, 1.54) is 69.1 Å². The zero-order valence-corrected chi connectivity index (χ0v) is 14.3. The van der Waals surface area contributed by atoms with Crippen molar-refractivity contribution in [2.45, 2.75) is 76.7 Å². The van der Waals surface area contributed by atoms with E-state index in [0.29, 0.717) is 10.4 Å². The van der Waals surface area contributed by atoms with Crippen LogP contribution in [0.25, 0.3) is 0 Å². The Kier molecular flexibility index (Phi) is 7.59. The molecule has 2 rings (SSSR count). The molecule has 1 N–H and O–H groups in total. The third-order valence-corrected chi connectivity index (χ3v) is 5.47. The molecular weight excluding hydrogens is 302 g/mol. The summed E-state index contributed by atoms with van der Waals surface area (Å²) in [5.41, 5.74) is 0. The molecule has 1 saturated carbocycles. The number of halogens is 1. The van der Waals surface area contributed by atoms with Gasteiger partial charge in [-0.2, -0.15) is 0 Å². The van der Waals surface area contributed by atoms with Crippen LogP contribution in [0.5, 0.6) is 0 Å². The van der Waals surface area contributed by atoms with Gasteiger partial charge in [0.15, 0.2) is 0 Å². The maximum atomic E-state index is 12.2. The Labute approximate surface area is 137 Å². The highest BCUT2D eigenvalue weighted by Gasteiger charge is 2.15. The fourth-order valence-corrected chi connectivity index (χ4v) is 3.95. The van der Waals surface area contributed by atoms with Gasteiger partial charge < -0.3 is 5.32 Å². The van der Waals surface area contributed by atoms with Crippen molar-refractivity contribution in [1.82, 2.24) is 5.32 Å². The molecule has 21 heavy (non-hydrogen) atoms. The lowest BCUT2D eigenvalue weighted by atomic mass is 9.98. The minimum atomic E-state index is 0.0454. The monoisotopic (exact) mass is 327 g/mol. The van der Waals surface area contributed by atoms with Gasteiger partial charge >= 0.3 is 0 Å². The molecule has 0 unspecified atom stereocenters. The van der Waals surface area contributed by atoms with E-state index in [0.717, 1.165) is 17.7 Å². The number of hydrogen-bond donors (Lipinski definition) is 1. The molecular formula is C17H26ClNOS.